The SMILES string of the molecule is C[Si](C)CCOCn1cnc(Cl)c1. The van der Waals surface area contributed by atoms with Crippen LogP contribution in [-0.4, -0.2) is 25.0 Å². The lowest BCUT2D eigenvalue weighted by atomic mass is 10.8. The fourth-order valence-corrected chi connectivity index (χ4v) is 1.57. The lowest BCUT2D eigenvalue weighted by Crippen LogP contribution is -2.07. The molecule has 0 spiro atoms. The Labute approximate surface area is 85.3 Å². The van der Waals surface area contributed by atoms with Gasteiger partial charge in [0.2, 0.25) is 0 Å². The Morgan fingerprint density at radius 3 is 2.92 bits per heavy atom. The lowest BCUT2D eigenvalue weighted by Gasteiger charge is -2.05. The number of imidazole rings is 1. The average molecular weight is 218 g/mol. The third-order valence-corrected chi connectivity index (χ3v) is 2.99. The summed E-state index contributed by atoms with van der Waals surface area (Å²) in [5.74, 6) is 0. The molecular weight excluding hydrogens is 204 g/mol. The largest absolute Gasteiger partial charge is 0.361 e. The van der Waals surface area contributed by atoms with Crippen LogP contribution in [0.15, 0.2) is 12.5 Å². The van der Waals surface area contributed by atoms with Crippen LogP contribution in [-0.2, 0) is 11.5 Å². The molecule has 0 saturated carbocycles. The van der Waals surface area contributed by atoms with Gasteiger partial charge in [0.05, 0.1) is 6.33 Å². The van der Waals surface area contributed by atoms with Crippen LogP contribution in [0.3, 0.4) is 0 Å². The fraction of sp³-hybridized carbons (Fsp3) is 0.625. The summed E-state index contributed by atoms with van der Waals surface area (Å²) < 4.78 is 7.27. The van der Waals surface area contributed by atoms with Gasteiger partial charge in [-0.25, -0.2) is 4.98 Å². The summed E-state index contributed by atoms with van der Waals surface area (Å²) >= 11 is 5.64. The molecule has 0 aliphatic heterocycles. The van der Waals surface area contributed by atoms with Crippen molar-refractivity contribution in [1.82, 2.24) is 9.55 Å². The molecular formula is C8H14ClN2OSi. The lowest BCUT2D eigenvalue weighted by molar-refractivity contribution is 0.0875. The second-order valence-electron chi connectivity index (χ2n) is 3.21. The average Bonchev–Trinajstić information content (AvgIpc) is 2.45. The fourth-order valence-electron chi connectivity index (χ4n) is 0.850. The first-order valence-corrected chi connectivity index (χ1v) is 7.31. The molecule has 0 aromatic carbocycles. The minimum absolute atomic E-state index is 0.159. The van der Waals surface area contributed by atoms with E-state index in [-0.39, 0.29) is 8.80 Å². The molecule has 1 rings (SSSR count). The van der Waals surface area contributed by atoms with Crippen LogP contribution in [0.25, 0.3) is 0 Å². The smallest absolute Gasteiger partial charge is 0.147 e. The summed E-state index contributed by atoms with van der Waals surface area (Å²) in [7, 11) is -0.159. The van der Waals surface area contributed by atoms with E-state index in [1.54, 1.807) is 12.5 Å². The van der Waals surface area contributed by atoms with Crippen molar-refractivity contribution >= 4 is 20.4 Å². The molecule has 1 aromatic heterocycles. The standard InChI is InChI=1S/C8H14ClN2OSi/c1-13(2)4-3-12-7-11-5-8(9)10-6-11/h5-6H,3-4,7H2,1-2H3. The van der Waals surface area contributed by atoms with Crippen molar-refractivity contribution in [2.75, 3.05) is 6.61 Å². The van der Waals surface area contributed by atoms with E-state index in [2.05, 4.69) is 18.1 Å². The van der Waals surface area contributed by atoms with E-state index in [1.807, 2.05) is 4.57 Å². The van der Waals surface area contributed by atoms with Crippen molar-refractivity contribution in [3.05, 3.63) is 17.7 Å². The molecule has 0 saturated heterocycles. The minimum Gasteiger partial charge on any atom is -0.361 e. The van der Waals surface area contributed by atoms with E-state index >= 15 is 0 Å². The summed E-state index contributed by atoms with van der Waals surface area (Å²) in [6.45, 7) is 5.94. The van der Waals surface area contributed by atoms with Crippen molar-refractivity contribution in [2.24, 2.45) is 0 Å². The van der Waals surface area contributed by atoms with Gasteiger partial charge < -0.3 is 9.30 Å². The van der Waals surface area contributed by atoms with Crippen molar-refractivity contribution in [3.8, 4) is 0 Å². The molecule has 1 radical (unpaired) electrons. The highest BCUT2D eigenvalue weighted by Gasteiger charge is 1.97. The van der Waals surface area contributed by atoms with Crippen LogP contribution in [0.2, 0.25) is 24.3 Å². The Morgan fingerprint density at radius 1 is 1.62 bits per heavy atom. The normalized spacial score (nSPS) is 11.1. The second kappa shape index (κ2) is 5.42. The molecule has 0 fully saturated rings. The van der Waals surface area contributed by atoms with Gasteiger partial charge in [-0.2, -0.15) is 0 Å². The molecule has 0 N–H and O–H groups in total. The molecule has 5 heteroatoms. The highest BCUT2D eigenvalue weighted by Crippen LogP contribution is 2.03. The number of rotatable bonds is 5. The molecule has 73 valence electrons. The maximum Gasteiger partial charge on any atom is 0.147 e. The first-order chi connectivity index (χ1) is 6.18. The predicted molar refractivity (Wildman–Crippen MR) is 55.5 cm³/mol. The highest BCUT2D eigenvalue weighted by molar-refractivity contribution is 6.55. The summed E-state index contributed by atoms with van der Waals surface area (Å²) in [6.07, 6.45) is 3.43. The number of aromatic nitrogens is 2. The van der Waals surface area contributed by atoms with Crippen LogP contribution in [0, 0.1) is 0 Å². The van der Waals surface area contributed by atoms with Gasteiger partial charge in [-0.15, -0.1) is 0 Å². The summed E-state index contributed by atoms with van der Waals surface area (Å²) in [4.78, 5) is 3.89. The predicted octanol–water partition coefficient (Wildman–Crippen LogP) is 2.27. The number of halogens is 1. The Hall–Kier alpha value is -0.323. The zero-order valence-electron chi connectivity index (χ0n) is 7.96. The van der Waals surface area contributed by atoms with Crippen molar-refractivity contribution in [3.63, 3.8) is 0 Å². The highest BCUT2D eigenvalue weighted by atomic mass is 35.5. The number of hydrogen-bond acceptors (Lipinski definition) is 2. The number of nitrogens with zero attached hydrogens (tertiary/aromatic N) is 2. The van der Waals surface area contributed by atoms with Gasteiger partial charge in [0.25, 0.3) is 0 Å². The molecule has 0 aliphatic carbocycles. The molecule has 0 amide bonds. The topological polar surface area (TPSA) is 27.1 Å². The maximum atomic E-state index is 5.64. The van der Waals surface area contributed by atoms with E-state index < -0.39 is 0 Å². The number of ether oxygens (including phenoxy) is 1. The van der Waals surface area contributed by atoms with Crippen LogP contribution >= 0.6 is 11.6 Å². The Bertz CT molecular complexity index is 252. The van der Waals surface area contributed by atoms with Gasteiger partial charge >= 0.3 is 0 Å². The zero-order valence-corrected chi connectivity index (χ0v) is 9.71. The van der Waals surface area contributed by atoms with Crippen LogP contribution in [0.4, 0.5) is 0 Å². The van der Waals surface area contributed by atoms with E-state index in [0.29, 0.717) is 11.9 Å². The molecule has 0 atom stereocenters. The monoisotopic (exact) mass is 217 g/mol. The van der Waals surface area contributed by atoms with Gasteiger partial charge in [-0.1, -0.05) is 24.7 Å². The first kappa shape index (κ1) is 10.8. The molecule has 0 unspecified atom stereocenters. The Balaban J connectivity index is 2.13. The van der Waals surface area contributed by atoms with E-state index in [4.69, 9.17) is 16.3 Å². The summed E-state index contributed by atoms with van der Waals surface area (Å²) in [6, 6.07) is 1.19. The van der Waals surface area contributed by atoms with Gasteiger partial charge in [0.1, 0.15) is 11.9 Å². The first-order valence-electron chi connectivity index (χ1n) is 4.22. The molecule has 0 bridgehead atoms. The molecule has 3 nitrogen and oxygen atoms in total. The Kier molecular flexibility index (Phi) is 4.48. The van der Waals surface area contributed by atoms with Crippen molar-refractivity contribution in [2.45, 2.75) is 25.9 Å². The van der Waals surface area contributed by atoms with E-state index in [0.717, 1.165) is 6.61 Å². The van der Waals surface area contributed by atoms with Crippen LogP contribution < -0.4 is 0 Å². The second-order valence-corrected chi connectivity index (χ2v) is 6.51. The third-order valence-electron chi connectivity index (χ3n) is 1.59. The van der Waals surface area contributed by atoms with Gasteiger partial charge in [-0.3, -0.25) is 0 Å². The summed E-state index contributed by atoms with van der Waals surface area (Å²) in [5, 5.41) is 0.513. The maximum absolute atomic E-state index is 5.64. The zero-order chi connectivity index (χ0) is 9.68. The van der Waals surface area contributed by atoms with Crippen LogP contribution in [0.1, 0.15) is 0 Å². The molecule has 13 heavy (non-hydrogen) atoms. The molecule has 1 aromatic rings. The van der Waals surface area contributed by atoms with Crippen molar-refractivity contribution in [1.29, 1.82) is 0 Å². The summed E-state index contributed by atoms with van der Waals surface area (Å²) in [5.41, 5.74) is 0. The van der Waals surface area contributed by atoms with Gasteiger partial charge in [0.15, 0.2) is 0 Å². The van der Waals surface area contributed by atoms with E-state index in [1.165, 1.54) is 6.04 Å². The number of hydrogen-bond donors (Lipinski definition) is 0. The molecule has 1 heterocycles. The van der Waals surface area contributed by atoms with Crippen molar-refractivity contribution < 1.29 is 4.74 Å². The van der Waals surface area contributed by atoms with E-state index in [9.17, 15) is 0 Å². The molecule has 0 aliphatic rings. The Morgan fingerprint density at radius 2 is 2.38 bits per heavy atom. The quantitative estimate of drug-likeness (QED) is 0.559. The van der Waals surface area contributed by atoms with Crippen LogP contribution in [0.5, 0.6) is 0 Å². The van der Waals surface area contributed by atoms with Gasteiger partial charge in [-0.05, 0) is 6.04 Å². The minimum atomic E-state index is -0.159. The third kappa shape index (κ3) is 4.45. The van der Waals surface area contributed by atoms with Gasteiger partial charge in [0, 0.05) is 21.6 Å².